The lowest BCUT2D eigenvalue weighted by atomic mass is 10.1. The van der Waals surface area contributed by atoms with E-state index in [9.17, 15) is 9.59 Å². The van der Waals surface area contributed by atoms with Crippen LogP contribution in [-0.4, -0.2) is 41.7 Å². The minimum Gasteiger partial charge on any atom is -0.345 e. The number of nitrogens with one attached hydrogen (secondary N) is 1. The molecule has 0 aromatic carbocycles. The number of likely N-dealkylation sites (tertiary alicyclic amines) is 1. The topological polar surface area (TPSA) is 49.4 Å². The number of alkyl halides is 1. The van der Waals surface area contributed by atoms with Crippen molar-refractivity contribution in [3.05, 3.63) is 0 Å². The van der Waals surface area contributed by atoms with Gasteiger partial charge in [-0.2, -0.15) is 0 Å². The van der Waals surface area contributed by atoms with Gasteiger partial charge in [-0.15, -0.1) is 11.6 Å². The number of carbonyl (C=O) groups excluding carboxylic acids is 2. The van der Waals surface area contributed by atoms with Gasteiger partial charge in [-0.3, -0.25) is 9.59 Å². The molecule has 92 valence electrons. The Balaban J connectivity index is 2.37. The van der Waals surface area contributed by atoms with Crippen molar-refractivity contribution < 1.29 is 9.59 Å². The summed E-state index contributed by atoms with van der Waals surface area (Å²) in [4.78, 5) is 25.0. The van der Waals surface area contributed by atoms with E-state index in [1.807, 2.05) is 4.90 Å². The second-order valence-corrected chi connectivity index (χ2v) is 4.49. The van der Waals surface area contributed by atoms with Crippen molar-refractivity contribution in [2.45, 2.75) is 38.6 Å². The number of hydrogen-bond donors (Lipinski definition) is 1. The average Bonchev–Trinajstić information content (AvgIpc) is 2.29. The first-order valence-corrected chi connectivity index (χ1v) is 6.32. The Hall–Kier alpha value is -0.770. The first-order chi connectivity index (χ1) is 7.65. The van der Waals surface area contributed by atoms with E-state index < -0.39 is 6.04 Å². The van der Waals surface area contributed by atoms with Gasteiger partial charge in [-0.25, -0.2) is 0 Å². The summed E-state index contributed by atoms with van der Waals surface area (Å²) in [6, 6.07) is -0.436. The second kappa shape index (κ2) is 6.74. The molecule has 16 heavy (non-hydrogen) atoms. The molecule has 1 N–H and O–H groups in total. The fourth-order valence-corrected chi connectivity index (χ4v) is 2.02. The highest BCUT2D eigenvalue weighted by molar-refractivity contribution is 6.18. The Bertz CT molecular complexity index is 252. The lowest BCUT2D eigenvalue weighted by Crippen LogP contribution is -2.48. The summed E-state index contributed by atoms with van der Waals surface area (Å²) in [5.41, 5.74) is 0. The van der Waals surface area contributed by atoms with E-state index in [0.717, 1.165) is 25.9 Å². The molecule has 1 fully saturated rings. The number of rotatable bonds is 4. The van der Waals surface area contributed by atoms with Gasteiger partial charge in [0.15, 0.2) is 0 Å². The number of halogens is 1. The Kier molecular flexibility index (Phi) is 5.60. The van der Waals surface area contributed by atoms with E-state index in [-0.39, 0.29) is 24.1 Å². The first kappa shape index (κ1) is 13.3. The number of amides is 2. The summed E-state index contributed by atoms with van der Waals surface area (Å²) in [5, 5.41) is 2.66. The molecule has 0 aromatic rings. The molecule has 1 aliphatic heterocycles. The van der Waals surface area contributed by atoms with Crippen LogP contribution in [0.4, 0.5) is 0 Å². The first-order valence-electron chi connectivity index (χ1n) is 5.79. The number of piperidine rings is 1. The number of nitrogens with zero attached hydrogens (tertiary/aromatic N) is 1. The van der Waals surface area contributed by atoms with Gasteiger partial charge in [0.2, 0.25) is 11.8 Å². The van der Waals surface area contributed by atoms with Gasteiger partial charge in [0, 0.05) is 25.4 Å². The fraction of sp³-hybridized carbons (Fsp3) is 0.818. The van der Waals surface area contributed by atoms with Crippen LogP contribution in [0.1, 0.15) is 32.6 Å². The van der Waals surface area contributed by atoms with Gasteiger partial charge in [-0.05, 0) is 26.2 Å². The summed E-state index contributed by atoms with van der Waals surface area (Å²) in [6.45, 7) is 3.35. The number of hydrogen-bond acceptors (Lipinski definition) is 2. The molecular formula is C11H19ClN2O2. The van der Waals surface area contributed by atoms with Crippen molar-refractivity contribution in [2.24, 2.45) is 0 Å². The van der Waals surface area contributed by atoms with Crippen LogP contribution >= 0.6 is 11.6 Å². The van der Waals surface area contributed by atoms with Crippen LogP contribution in [0.15, 0.2) is 0 Å². The summed E-state index contributed by atoms with van der Waals surface area (Å²) in [6.07, 6.45) is 3.58. The third-order valence-electron chi connectivity index (χ3n) is 2.74. The molecule has 4 nitrogen and oxygen atoms in total. The van der Waals surface area contributed by atoms with Crippen LogP contribution in [0.3, 0.4) is 0 Å². The van der Waals surface area contributed by atoms with E-state index in [2.05, 4.69) is 5.32 Å². The molecule has 0 aromatic heterocycles. The zero-order valence-electron chi connectivity index (χ0n) is 9.67. The third kappa shape index (κ3) is 4.00. The predicted octanol–water partition coefficient (Wildman–Crippen LogP) is 1.13. The monoisotopic (exact) mass is 246 g/mol. The van der Waals surface area contributed by atoms with Gasteiger partial charge in [0.1, 0.15) is 6.04 Å². The molecule has 0 aliphatic carbocycles. The minimum absolute atomic E-state index is 0.0163. The molecule has 0 radical (unpaired) electrons. The smallest absolute Gasteiger partial charge is 0.244 e. The Labute approximate surface area is 101 Å². The lowest BCUT2D eigenvalue weighted by Gasteiger charge is -2.29. The van der Waals surface area contributed by atoms with Gasteiger partial charge in [0.25, 0.3) is 0 Å². The molecule has 0 saturated carbocycles. The summed E-state index contributed by atoms with van der Waals surface area (Å²) in [5.74, 6) is 0.145. The highest BCUT2D eigenvalue weighted by Crippen LogP contribution is 2.09. The van der Waals surface area contributed by atoms with Crippen LogP contribution in [-0.2, 0) is 9.59 Å². The maximum atomic E-state index is 11.9. The quantitative estimate of drug-likeness (QED) is 0.756. The molecule has 1 saturated heterocycles. The maximum Gasteiger partial charge on any atom is 0.244 e. The zero-order valence-corrected chi connectivity index (χ0v) is 10.4. The molecule has 0 spiro atoms. The second-order valence-electron chi connectivity index (χ2n) is 4.11. The van der Waals surface area contributed by atoms with Gasteiger partial charge in [0.05, 0.1) is 0 Å². The van der Waals surface area contributed by atoms with Gasteiger partial charge < -0.3 is 10.2 Å². The van der Waals surface area contributed by atoms with Crippen molar-refractivity contribution in [3.8, 4) is 0 Å². The Morgan fingerprint density at radius 2 is 1.94 bits per heavy atom. The average molecular weight is 247 g/mol. The third-order valence-corrected chi connectivity index (χ3v) is 2.93. The summed E-state index contributed by atoms with van der Waals surface area (Å²) in [7, 11) is 0. The highest BCUT2D eigenvalue weighted by atomic mass is 35.5. The normalized spacial score (nSPS) is 18.0. The largest absolute Gasteiger partial charge is 0.345 e. The van der Waals surface area contributed by atoms with Gasteiger partial charge >= 0.3 is 0 Å². The van der Waals surface area contributed by atoms with Crippen LogP contribution in [0.2, 0.25) is 0 Å². The molecule has 2 amide bonds. The SMILES string of the molecule is CC(NC(=O)CCCl)C(=O)N1CCCCC1. The van der Waals surface area contributed by atoms with Crippen LogP contribution in [0.5, 0.6) is 0 Å². The Morgan fingerprint density at radius 1 is 1.31 bits per heavy atom. The molecular weight excluding hydrogens is 228 g/mol. The molecule has 5 heteroatoms. The van der Waals surface area contributed by atoms with Crippen molar-refractivity contribution in [1.82, 2.24) is 10.2 Å². The molecule has 1 unspecified atom stereocenters. The van der Waals surface area contributed by atoms with Crippen LogP contribution < -0.4 is 5.32 Å². The molecule has 0 bridgehead atoms. The van der Waals surface area contributed by atoms with E-state index in [1.165, 1.54) is 6.42 Å². The highest BCUT2D eigenvalue weighted by Gasteiger charge is 2.22. The van der Waals surface area contributed by atoms with Crippen molar-refractivity contribution in [3.63, 3.8) is 0 Å². The van der Waals surface area contributed by atoms with Crippen molar-refractivity contribution in [2.75, 3.05) is 19.0 Å². The molecule has 1 aliphatic rings. The van der Waals surface area contributed by atoms with Crippen molar-refractivity contribution in [1.29, 1.82) is 0 Å². The molecule has 1 atom stereocenters. The van der Waals surface area contributed by atoms with E-state index in [1.54, 1.807) is 6.92 Å². The summed E-state index contributed by atoms with van der Waals surface area (Å²) < 4.78 is 0. The maximum absolute atomic E-state index is 11.9. The van der Waals surface area contributed by atoms with Crippen molar-refractivity contribution >= 4 is 23.4 Å². The Morgan fingerprint density at radius 3 is 2.50 bits per heavy atom. The molecule has 1 rings (SSSR count). The minimum atomic E-state index is -0.436. The fourth-order valence-electron chi connectivity index (χ4n) is 1.85. The number of carbonyl (C=O) groups is 2. The van der Waals surface area contributed by atoms with E-state index >= 15 is 0 Å². The predicted molar refractivity (Wildman–Crippen MR) is 63.4 cm³/mol. The molecule has 1 heterocycles. The van der Waals surface area contributed by atoms with Crippen LogP contribution in [0.25, 0.3) is 0 Å². The van der Waals surface area contributed by atoms with Gasteiger partial charge in [-0.1, -0.05) is 0 Å². The lowest BCUT2D eigenvalue weighted by molar-refractivity contribution is -0.136. The van der Waals surface area contributed by atoms with E-state index in [0.29, 0.717) is 0 Å². The zero-order chi connectivity index (χ0) is 12.0. The standard InChI is InChI=1S/C11H19ClN2O2/c1-9(13-10(15)5-6-12)11(16)14-7-3-2-4-8-14/h9H,2-8H2,1H3,(H,13,15). The summed E-state index contributed by atoms with van der Waals surface area (Å²) >= 11 is 5.45. The van der Waals surface area contributed by atoms with Crippen LogP contribution in [0, 0.1) is 0 Å². The van der Waals surface area contributed by atoms with E-state index in [4.69, 9.17) is 11.6 Å².